The van der Waals surface area contributed by atoms with Crippen LogP contribution in [0.4, 0.5) is 0 Å². The Bertz CT molecular complexity index is 711. The van der Waals surface area contributed by atoms with E-state index in [1.807, 2.05) is 34.7 Å². The van der Waals surface area contributed by atoms with Crippen molar-refractivity contribution in [3.05, 3.63) is 36.3 Å². The summed E-state index contributed by atoms with van der Waals surface area (Å²) >= 11 is 0. The molecule has 0 unspecified atom stereocenters. The number of imidazole rings is 1. The summed E-state index contributed by atoms with van der Waals surface area (Å²) in [7, 11) is 3.82. The average molecular weight is 328 g/mol. The molecular formula is C17H24N6O. The molecule has 0 aromatic carbocycles. The Morgan fingerprint density at radius 2 is 2.21 bits per heavy atom. The van der Waals surface area contributed by atoms with Gasteiger partial charge in [-0.15, -0.1) is 0 Å². The second-order valence-electron chi connectivity index (χ2n) is 6.35. The maximum Gasteiger partial charge on any atom is 0.237 e. The number of likely N-dealkylation sites (tertiary alicyclic amines) is 1. The minimum absolute atomic E-state index is 0.0125. The monoisotopic (exact) mass is 328 g/mol. The number of aryl methyl sites for hydroxylation is 1. The Morgan fingerprint density at radius 1 is 1.38 bits per heavy atom. The number of amides is 1. The number of carbonyl (C=O) groups is 1. The first-order chi connectivity index (χ1) is 11.6. The molecule has 24 heavy (non-hydrogen) atoms. The molecule has 1 saturated heterocycles. The summed E-state index contributed by atoms with van der Waals surface area (Å²) in [4.78, 5) is 29.8. The maximum atomic E-state index is 12.5. The fourth-order valence-corrected chi connectivity index (χ4v) is 3.19. The molecule has 0 N–H and O–H groups in total. The van der Waals surface area contributed by atoms with Gasteiger partial charge in [-0.1, -0.05) is 6.92 Å². The molecule has 7 nitrogen and oxygen atoms in total. The van der Waals surface area contributed by atoms with Gasteiger partial charge in [-0.05, 0) is 26.9 Å². The van der Waals surface area contributed by atoms with Crippen molar-refractivity contribution in [1.29, 1.82) is 0 Å². The van der Waals surface area contributed by atoms with Crippen LogP contribution < -0.4 is 0 Å². The molecule has 1 atom stereocenters. The van der Waals surface area contributed by atoms with Gasteiger partial charge in [0.2, 0.25) is 5.91 Å². The zero-order valence-corrected chi connectivity index (χ0v) is 14.5. The SMILES string of the molecule is CCc1nccn1-c1cncc([C@@H]2CCCN2C(=O)CN(C)C)n1. The van der Waals surface area contributed by atoms with Crippen LogP contribution in [0.2, 0.25) is 0 Å². The summed E-state index contributed by atoms with van der Waals surface area (Å²) in [5, 5.41) is 0. The Kier molecular flexibility index (Phi) is 4.89. The van der Waals surface area contributed by atoms with Crippen molar-refractivity contribution in [2.24, 2.45) is 0 Å². The van der Waals surface area contributed by atoms with Crippen LogP contribution in [0.3, 0.4) is 0 Å². The average Bonchev–Trinajstić information content (AvgIpc) is 3.23. The van der Waals surface area contributed by atoms with Gasteiger partial charge >= 0.3 is 0 Å². The number of hydrogen-bond donors (Lipinski definition) is 0. The normalized spacial score (nSPS) is 17.7. The van der Waals surface area contributed by atoms with Crippen LogP contribution in [0.5, 0.6) is 0 Å². The van der Waals surface area contributed by atoms with Crippen LogP contribution in [0.25, 0.3) is 5.82 Å². The van der Waals surface area contributed by atoms with Crippen molar-refractivity contribution in [2.45, 2.75) is 32.2 Å². The molecule has 0 spiro atoms. The first-order valence-corrected chi connectivity index (χ1v) is 8.39. The fourth-order valence-electron chi connectivity index (χ4n) is 3.19. The molecule has 3 rings (SSSR count). The Labute approximate surface area is 142 Å². The molecule has 3 heterocycles. The molecule has 1 aliphatic rings. The molecule has 1 amide bonds. The molecular weight excluding hydrogens is 304 g/mol. The quantitative estimate of drug-likeness (QED) is 0.831. The lowest BCUT2D eigenvalue weighted by atomic mass is 10.1. The molecule has 7 heteroatoms. The molecule has 0 bridgehead atoms. The number of aromatic nitrogens is 4. The maximum absolute atomic E-state index is 12.5. The lowest BCUT2D eigenvalue weighted by Gasteiger charge is -2.25. The number of nitrogens with zero attached hydrogens (tertiary/aromatic N) is 6. The van der Waals surface area contributed by atoms with Crippen LogP contribution >= 0.6 is 0 Å². The van der Waals surface area contributed by atoms with E-state index in [2.05, 4.69) is 16.9 Å². The molecule has 2 aromatic heterocycles. The van der Waals surface area contributed by atoms with Crippen molar-refractivity contribution < 1.29 is 4.79 Å². The van der Waals surface area contributed by atoms with E-state index in [1.54, 1.807) is 18.6 Å². The van der Waals surface area contributed by atoms with Crippen LogP contribution in [-0.2, 0) is 11.2 Å². The summed E-state index contributed by atoms with van der Waals surface area (Å²) in [6, 6.07) is 0.0125. The number of likely N-dealkylation sites (N-methyl/N-ethyl adjacent to an activating group) is 1. The number of carbonyl (C=O) groups excluding carboxylic acids is 1. The third-order valence-corrected chi connectivity index (χ3v) is 4.29. The van der Waals surface area contributed by atoms with Gasteiger partial charge in [0, 0.05) is 25.4 Å². The Morgan fingerprint density at radius 3 is 2.96 bits per heavy atom. The third kappa shape index (κ3) is 3.31. The predicted molar refractivity (Wildman–Crippen MR) is 90.8 cm³/mol. The highest BCUT2D eigenvalue weighted by Crippen LogP contribution is 2.31. The van der Waals surface area contributed by atoms with Crippen molar-refractivity contribution in [1.82, 2.24) is 29.3 Å². The van der Waals surface area contributed by atoms with Crippen LogP contribution in [-0.4, -0.2) is 62.4 Å². The van der Waals surface area contributed by atoms with Gasteiger partial charge in [-0.2, -0.15) is 0 Å². The van der Waals surface area contributed by atoms with E-state index >= 15 is 0 Å². The lowest BCUT2D eigenvalue weighted by molar-refractivity contribution is -0.132. The van der Waals surface area contributed by atoms with Crippen molar-refractivity contribution in [2.75, 3.05) is 27.2 Å². The molecule has 1 fully saturated rings. The molecule has 128 valence electrons. The molecule has 2 aromatic rings. The third-order valence-electron chi connectivity index (χ3n) is 4.29. The molecule has 0 saturated carbocycles. The Hall–Kier alpha value is -2.28. The minimum Gasteiger partial charge on any atom is -0.333 e. The van der Waals surface area contributed by atoms with E-state index in [4.69, 9.17) is 4.98 Å². The van der Waals surface area contributed by atoms with E-state index in [0.29, 0.717) is 6.54 Å². The van der Waals surface area contributed by atoms with Crippen molar-refractivity contribution in [3.8, 4) is 5.82 Å². The van der Waals surface area contributed by atoms with Gasteiger partial charge < -0.3 is 9.80 Å². The highest BCUT2D eigenvalue weighted by Gasteiger charge is 2.31. The van der Waals surface area contributed by atoms with Crippen LogP contribution in [0.15, 0.2) is 24.8 Å². The first kappa shape index (κ1) is 16.6. The zero-order valence-electron chi connectivity index (χ0n) is 14.5. The van der Waals surface area contributed by atoms with Crippen LogP contribution in [0, 0.1) is 0 Å². The van der Waals surface area contributed by atoms with Crippen LogP contribution in [0.1, 0.15) is 37.3 Å². The van der Waals surface area contributed by atoms with Gasteiger partial charge in [0.05, 0.1) is 30.7 Å². The number of hydrogen-bond acceptors (Lipinski definition) is 5. The summed E-state index contributed by atoms with van der Waals surface area (Å²) in [6.45, 7) is 3.27. The summed E-state index contributed by atoms with van der Waals surface area (Å²) in [5.41, 5.74) is 0.854. The molecule has 0 radical (unpaired) electrons. The Balaban J connectivity index is 1.87. The second-order valence-corrected chi connectivity index (χ2v) is 6.35. The van der Waals surface area contributed by atoms with Gasteiger partial charge in [-0.25, -0.2) is 9.97 Å². The summed E-state index contributed by atoms with van der Waals surface area (Å²) < 4.78 is 1.96. The standard InChI is InChI=1S/C17H24N6O/c1-4-15-19-7-9-23(15)16-11-18-10-13(20-16)14-6-5-8-22(14)17(24)12-21(2)3/h7,9-11,14H,4-6,8,12H2,1-3H3/t14-/m0/s1. The zero-order chi connectivity index (χ0) is 17.1. The summed E-state index contributed by atoms with van der Waals surface area (Å²) in [6.07, 6.45) is 9.95. The second kappa shape index (κ2) is 7.09. The highest BCUT2D eigenvalue weighted by molar-refractivity contribution is 5.79. The topological polar surface area (TPSA) is 67.2 Å². The van der Waals surface area contributed by atoms with Gasteiger partial charge in [0.25, 0.3) is 0 Å². The van der Waals surface area contributed by atoms with Gasteiger partial charge in [-0.3, -0.25) is 14.3 Å². The minimum atomic E-state index is 0.0125. The summed E-state index contributed by atoms with van der Waals surface area (Å²) in [5.74, 6) is 1.86. The van der Waals surface area contributed by atoms with Gasteiger partial charge in [0.1, 0.15) is 5.82 Å². The van der Waals surface area contributed by atoms with Crippen molar-refractivity contribution in [3.63, 3.8) is 0 Å². The first-order valence-electron chi connectivity index (χ1n) is 8.39. The molecule has 0 aliphatic carbocycles. The van der Waals surface area contributed by atoms with E-state index in [-0.39, 0.29) is 11.9 Å². The van der Waals surface area contributed by atoms with E-state index in [9.17, 15) is 4.79 Å². The molecule has 1 aliphatic heterocycles. The highest BCUT2D eigenvalue weighted by atomic mass is 16.2. The lowest BCUT2D eigenvalue weighted by Crippen LogP contribution is -2.37. The van der Waals surface area contributed by atoms with Gasteiger partial charge in [0.15, 0.2) is 5.82 Å². The van der Waals surface area contributed by atoms with E-state index < -0.39 is 0 Å². The van der Waals surface area contributed by atoms with E-state index in [1.165, 1.54) is 0 Å². The fraction of sp³-hybridized carbons (Fsp3) is 0.529. The number of rotatable bonds is 5. The predicted octanol–water partition coefficient (Wildman–Crippen LogP) is 1.45. The largest absolute Gasteiger partial charge is 0.333 e. The smallest absolute Gasteiger partial charge is 0.237 e. The van der Waals surface area contributed by atoms with E-state index in [0.717, 1.165) is 43.1 Å². The van der Waals surface area contributed by atoms with Crippen molar-refractivity contribution >= 4 is 5.91 Å².